The maximum absolute atomic E-state index is 6.79. The van der Waals surface area contributed by atoms with Crippen molar-refractivity contribution >= 4 is 23.7 Å². The molecule has 130 valence electrons. The first-order valence-corrected chi connectivity index (χ1v) is 8.97. The third-order valence-corrected chi connectivity index (χ3v) is 5.87. The van der Waals surface area contributed by atoms with Crippen LogP contribution < -0.4 is 10.5 Å². The number of aromatic nitrogens is 1. The first kappa shape index (κ1) is 17.9. The molecule has 0 radical (unpaired) electrons. The van der Waals surface area contributed by atoms with E-state index in [1.54, 1.807) is 18.4 Å². The Labute approximate surface area is 158 Å². The number of rotatable bonds is 3. The molecule has 1 heterocycles. The lowest BCUT2D eigenvalue weighted by Gasteiger charge is -2.33. The fourth-order valence-corrected chi connectivity index (χ4v) is 4.55. The molecular weight excluding hydrogens is 352 g/mol. The van der Waals surface area contributed by atoms with Gasteiger partial charge in [0.2, 0.25) is 0 Å². The highest BCUT2D eigenvalue weighted by Gasteiger charge is 2.34. The zero-order valence-electron chi connectivity index (χ0n) is 14.1. The maximum Gasteiger partial charge on any atom is 0.123 e. The highest BCUT2D eigenvalue weighted by atomic mass is 35.5. The number of halogens is 1. The lowest BCUT2D eigenvalue weighted by Crippen LogP contribution is -2.41. The van der Waals surface area contributed by atoms with E-state index in [4.69, 9.17) is 15.5 Å². The lowest BCUT2D eigenvalue weighted by atomic mass is 9.78. The summed E-state index contributed by atoms with van der Waals surface area (Å²) in [5, 5.41) is 1.09. The van der Waals surface area contributed by atoms with Crippen molar-refractivity contribution in [2.45, 2.75) is 24.8 Å². The minimum atomic E-state index is -0.345. The number of ether oxygens (including phenoxy) is 1. The fraction of sp³-hybridized carbons (Fsp3) is 0.250. The molecule has 1 unspecified atom stereocenters. The van der Waals surface area contributed by atoms with E-state index in [0.717, 1.165) is 35.6 Å². The lowest BCUT2D eigenvalue weighted by molar-refractivity contribution is 0.379. The van der Waals surface area contributed by atoms with Crippen molar-refractivity contribution in [1.82, 2.24) is 4.98 Å². The molecule has 0 saturated carbocycles. The predicted octanol–water partition coefficient (Wildman–Crippen LogP) is 4.58. The van der Waals surface area contributed by atoms with Gasteiger partial charge in [0.1, 0.15) is 10.8 Å². The van der Waals surface area contributed by atoms with Crippen LogP contribution in [-0.4, -0.2) is 12.1 Å². The van der Waals surface area contributed by atoms with E-state index in [0.29, 0.717) is 0 Å². The minimum absolute atomic E-state index is 0. The second-order valence-electron chi connectivity index (χ2n) is 6.32. The van der Waals surface area contributed by atoms with Gasteiger partial charge in [0.05, 0.1) is 12.8 Å². The average Bonchev–Trinajstić information content (AvgIpc) is 3.05. The van der Waals surface area contributed by atoms with Gasteiger partial charge in [0.25, 0.3) is 0 Å². The largest absolute Gasteiger partial charge is 0.497 e. The summed E-state index contributed by atoms with van der Waals surface area (Å²) in [6, 6.07) is 18.5. The van der Waals surface area contributed by atoms with E-state index in [2.05, 4.69) is 36.4 Å². The third-order valence-electron chi connectivity index (χ3n) is 4.73. The quantitative estimate of drug-likeness (QED) is 0.731. The zero-order valence-corrected chi connectivity index (χ0v) is 15.7. The van der Waals surface area contributed by atoms with Crippen molar-refractivity contribution in [2.75, 3.05) is 7.11 Å². The normalized spacial score (nSPS) is 19.0. The van der Waals surface area contributed by atoms with Crippen LogP contribution in [0.3, 0.4) is 0 Å². The van der Waals surface area contributed by atoms with Crippen molar-refractivity contribution in [3.05, 3.63) is 70.7 Å². The zero-order chi connectivity index (χ0) is 16.6. The van der Waals surface area contributed by atoms with Crippen molar-refractivity contribution in [1.29, 1.82) is 0 Å². The SMILES string of the molecule is COc1cccc(C2(N)CCc3nc(-c4ccccc4)sc3C2)c1.Cl. The first-order valence-electron chi connectivity index (χ1n) is 8.15. The molecule has 2 aromatic carbocycles. The second kappa shape index (κ2) is 7.16. The van der Waals surface area contributed by atoms with Crippen LogP contribution in [0.2, 0.25) is 0 Å². The number of hydrogen-bond acceptors (Lipinski definition) is 4. The number of methoxy groups -OCH3 is 1. The van der Waals surface area contributed by atoms with Crippen LogP contribution in [0.5, 0.6) is 5.75 Å². The molecule has 1 aliphatic carbocycles. The average molecular weight is 373 g/mol. The number of nitrogens with zero attached hydrogens (tertiary/aromatic N) is 1. The number of fused-ring (bicyclic) bond motifs is 1. The van der Waals surface area contributed by atoms with E-state index in [-0.39, 0.29) is 17.9 Å². The molecule has 4 rings (SSSR count). The van der Waals surface area contributed by atoms with Crippen LogP contribution in [0.25, 0.3) is 10.6 Å². The third kappa shape index (κ3) is 3.43. The molecule has 5 heteroatoms. The maximum atomic E-state index is 6.79. The summed E-state index contributed by atoms with van der Waals surface area (Å²) >= 11 is 1.77. The Kier molecular flexibility index (Phi) is 5.13. The summed E-state index contributed by atoms with van der Waals surface area (Å²) in [7, 11) is 1.69. The van der Waals surface area contributed by atoms with Gasteiger partial charge >= 0.3 is 0 Å². The molecule has 0 amide bonds. The Morgan fingerprint density at radius 3 is 2.68 bits per heavy atom. The highest BCUT2D eigenvalue weighted by Crippen LogP contribution is 2.40. The first-order chi connectivity index (χ1) is 11.7. The summed E-state index contributed by atoms with van der Waals surface area (Å²) in [5.41, 5.74) is 9.98. The number of hydrogen-bond donors (Lipinski definition) is 1. The molecule has 0 bridgehead atoms. The molecule has 1 aromatic heterocycles. The van der Waals surface area contributed by atoms with Crippen LogP contribution in [0.4, 0.5) is 0 Å². The van der Waals surface area contributed by atoms with E-state index in [1.807, 2.05) is 18.2 Å². The van der Waals surface area contributed by atoms with Crippen LogP contribution in [-0.2, 0) is 18.4 Å². The summed E-state index contributed by atoms with van der Waals surface area (Å²) in [4.78, 5) is 6.16. The molecule has 2 N–H and O–H groups in total. The van der Waals surface area contributed by atoms with Gasteiger partial charge in [0, 0.05) is 22.4 Å². The van der Waals surface area contributed by atoms with Crippen molar-refractivity contribution in [2.24, 2.45) is 5.73 Å². The van der Waals surface area contributed by atoms with E-state index in [1.165, 1.54) is 16.1 Å². The molecule has 3 nitrogen and oxygen atoms in total. The Morgan fingerprint density at radius 1 is 1.12 bits per heavy atom. The number of thiazole rings is 1. The summed E-state index contributed by atoms with van der Waals surface area (Å²) in [6.45, 7) is 0. The smallest absolute Gasteiger partial charge is 0.123 e. The van der Waals surface area contributed by atoms with Gasteiger partial charge in [-0.05, 0) is 30.5 Å². The minimum Gasteiger partial charge on any atom is -0.497 e. The van der Waals surface area contributed by atoms with Crippen molar-refractivity contribution < 1.29 is 4.74 Å². The van der Waals surface area contributed by atoms with Crippen LogP contribution in [0.1, 0.15) is 22.6 Å². The van der Waals surface area contributed by atoms with Gasteiger partial charge in [-0.1, -0.05) is 42.5 Å². The molecule has 0 spiro atoms. The summed E-state index contributed by atoms with van der Waals surface area (Å²) in [6.07, 6.45) is 2.66. The molecule has 1 atom stereocenters. The van der Waals surface area contributed by atoms with Crippen molar-refractivity contribution in [3.63, 3.8) is 0 Å². The molecular formula is C20H21ClN2OS. The Balaban J connectivity index is 0.00000182. The topological polar surface area (TPSA) is 48.1 Å². The predicted molar refractivity (Wildman–Crippen MR) is 106 cm³/mol. The number of aryl methyl sites for hydroxylation is 1. The van der Waals surface area contributed by atoms with Gasteiger partial charge in [-0.2, -0.15) is 0 Å². The summed E-state index contributed by atoms with van der Waals surface area (Å²) in [5.74, 6) is 0.859. The van der Waals surface area contributed by atoms with Crippen LogP contribution >= 0.6 is 23.7 Å². The number of nitrogens with two attached hydrogens (primary N) is 1. The van der Waals surface area contributed by atoms with Gasteiger partial charge in [-0.25, -0.2) is 4.98 Å². The molecule has 3 aromatic rings. The standard InChI is InChI=1S/C20H20N2OS.ClH/c1-23-16-9-5-8-15(12-16)20(21)11-10-17-18(13-20)24-19(22-17)14-6-3-2-4-7-14;/h2-9,12H,10-11,13,21H2,1H3;1H. The Bertz CT molecular complexity index is 865. The van der Waals surface area contributed by atoms with E-state index < -0.39 is 0 Å². The molecule has 25 heavy (non-hydrogen) atoms. The fourth-order valence-electron chi connectivity index (χ4n) is 3.32. The van der Waals surface area contributed by atoms with Crippen LogP contribution in [0, 0.1) is 0 Å². The number of benzene rings is 2. The molecule has 0 fully saturated rings. The van der Waals surface area contributed by atoms with Gasteiger partial charge in [-0.15, -0.1) is 23.7 Å². The van der Waals surface area contributed by atoms with E-state index in [9.17, 15) is 0 Å². The van der Waals surface area contributed by atoms with Gasteiger partial charge in [-0.3, -0.25) is 0 Å². The van der Waals surface area contributed by atoms with Gasteiger partial charge in [0.15, 0.2) is 0 Å². The highest BCUT2D eigenvalue weighted by molar-refractivity contribution is 7.15. The van der Waals surface area contributed by atoms with E-state index >= 15 is 0 Å². The summed E-state index contributed by atoms with van der Waals surface area (Å²) < 4.78 is 5.36. The Morgan fingerprint density at radius 2 is 1.92 bits per heavy atom. The van der Waals surface area contributed by atoms with Crippen LogP contribution in [0.15, 0.2) is 54.6 Å². The second-order valence-corrected chi connectivity index (χ2v) is 7.40. The monoisotopic (exact) mass is 372 g/mol. The molecule has 0 aliphatic heterocycles. The molecule has 0 saturated heterocycles. The van der Waals surface area contributed by atoms with Crippen molar-refractivity contribution in [3.8, 4) is 16.3 Å². The van der Waals surface area contributed by atoms with Gasteiger partial charge < -0.3 is 10.5 Å². The Hall–Kier alpha value is -1.88. The molecule has 1 aliphatic rings.